The molecule has 0 saturated carbocycles. The van der Waals surface area contributed by atoms with Crippen molar-refractivity contribution in [1.29, 1.82) is 0 Å². The Morgan fingerprint density at radius 2 is 1.93 bits per heavy atom. The second-order valence-electron chi connectivity index (χ2n) is 6.50. The van der Waals surface area contributed by atoms with E-state index in [0.717, 1.165) is 10.1 Å². The zero-order valence-corrected chi connectivity index (χ0v) is 15.8. The summed E-state index contributed by atoms with van der Waals surface area (Å²) in [7, 11) is 0. The number of rotatable bonds is 9. The van der Waals surface area contributed by atoms with Crippen LogP contribution in [0.2, 0.25) is 0 Å². The van der Waals surface area contributed by atoms with Gasteiger partial charge in [0, 0.05) is 25.4 Å². The van der Waals surface area contributed by atoms with E-state index in [0.29, 0.717) is 0 Å². The normalized spacial score (nSPS) is 12.1. The largest absolute Gasteiger partial charge is 0.445 e. The summed E-state index contributed by atoms with van der Waals surface area (Å²) in [5.41, 5.74) is 0.831. The molecule has 0 saturated heterocycles. The Balaban J connectivity index is 1.82. The number of benzene rings is 1. The van der Waals surface area contributed by atoms with Gasteiger partial charge in [0.15, 0.2) is 0 Å². The number of hydrogen-bond acceptors (Lipinski definition) is 4. The maximum absolute atomic E-state index is 12.8. The van der Waals surface area contributed by atoms with E-state index in [1.165, 1.54) is 12.4 Å². The molecule has 0 aliphatic rings. The molecule has 28 heavy (non-hydrogen) atoms. The Hall–Kier alpha value is -2.97. The molecule has 152 valence electrons. The average Bonchev–Trinajstić information content (AvgIpc) is 3.13. The molecular weight excluding hydrogens is 370 g/mol. The highest BCUT2D eigenvalue weighted by atomic mass is 19.3. The van der Waals surface area contributed by atoms with Gasteiger partial charge in [0.1, 0.15) is 18.5 Å². The third kappa shape index (κ3) is 6.33. The minimum absolute atomic E-state index is 0.0927. The molecule has 2 rings (SSSR count). The summed E-state index contributed by atoms with van der Waals surface area (Å²) in [4.78, 5) is 28.2. The Labute approximate surface area is 162 Å². The number of carbonyl (C=O) groups excluding carboxylic acids is 2. The minimum Gasteiger partial charge on any atom is -0.445 e. The highest BCUT2D eigenvalue weighted by Gasteiger charge is 2.24. The van der Waals surface area contributed by atoms with Crippen molar-refractivity contribution in [2.24, 2.45) is 5.92 Å². The van der Waals surface area contributed by atoms with Crippen molar-refractivity contribution in [3.8, 4) is 0 Å². The molecule has 0 aliphatic carbocycles. The van der Waals surface area contributed by atoms with E-state index >= 15 is 0 Å². The zero-order valence-electron chi connectivity index (χ0n) is 15.8. The fraction of sp³-hybridized carbons (Fsp3) is 0.421. The van der Waals surface area contributed by atoms with Gasteiger partial charge < -0.3 is 15.4 Å². The van der Waals surface area contributed by atoms with E-state index in [1.54, 1.807) is 13.8 Å². The van der Waals surface area contributed by atoms with E-state index in [-0.39, 0.29) is 31.3 Å². The summed E-state index contributed by atoms with van der Waals surface area (Å²) < 4.78 is 31.5. The summed E-state index contributed by atoms with van der Waals surface area (Å²) in [6.45, 7) is 1.09. The Kier molecular flexibility index (Phi) is 7.91. The number of nitrogens with one attached hydrogen (secondary N) is 2. The SMILES string of the molecule is CC(C)[C@H](NC(=O)OCc1ccccc1)C(=O)NCCc1nccn1C(F)F. The van der Waals surface area contributed by atoms with Gasteiger partial charge in [-0.1, -0.05) is 44.2 Å². The first-order valence-electron chi connectivity index (χ1n) is 8.93. The summed E-state index contributed by atoms with van der Waals surface area (Å²) in [5.74, 6) is -0.430. The molecule has 2 N–H and O–H groups in total. The van der Waals surface area contributed by atoms with Crippen LogP contribution in [0.1, 0.15) is 31.8 Å². The highest BCUT2D eigenvalue weighted by Crippen LogP contribution is 2.12. The molecule has 7 nitrogen and oxygen atoms in total. The molecule has 0 unspecified atom stereocenters. The van der Waals surface area contributed by atoms with Gasteiger partial charge in [-0.15, -0.1) is 0 Å². The molecule has 2 amide bonds. The number of amides is 2. The highest BCUT2D eigenvalue weighted by molar-refractivity contribution is 5.85. The number of nitrogens with zero attached hydrogens (tertiary/aromatic N) is 2. The van der Waals surface area contributed by atoms with E-state index in [1.807, 2.05) is 30.3 Å². The molecule has 1 aromatic carbocycles. The number of alkyl carbamates (subject to hydrolysis) is 1. The lowest BCUT2D eigenvalue weighted by Gasteiger charge is -2.21. The number of imidazole rings is 1. The Bertz CT molecular complexity index is 766. The summed E-state index contributed by atoms with van der Waals surface area (Å²) in [5, 5.41) is 5.19. The fourth-order valence-corrected chi connectivity index (χ4v) is 2.55. The van der Waals surface area contributed by atoms with Gasteiger partial charge in [0.2, 0.25) is 5.91 Å². The average molecular weight is 394 g/mol. The molecule has 0 bridgehead atoms. The van der Waals surface area contributed by atoms with Gasteiger partial charge in [-0.3, -0.25) is 9.36 Å². The first kappa shape index (κ1) is 21.3. The lowest BCUT2D eigenvalue weighted by Crippen LogP contribution is -2.50. The van der Waals surface area contributed by atoms with Gasteiger partial charge in [-0.05, 0) is 11.5 Å². The van der Waals surface area contributed by atoms with Gasteiger partial charge in [-0.25, -0.2) is 9.78 Å². The number of hydrogen-bond donors (Lipinski definition) is 2. The molecular formula is C19H24F2N4O3. The Morgan fingerprint density at radius 1 is 1.21 bits per heavy atom. The summed E-state index contributed by atoms with van der Waals surface area (Å²) in [6.07, 6.45) is 1.91. The van der Waals surface area contributed by atoms with Crippen LogP contribution in [0.3, 0.4) is 0 Å². The second-order valence-corrected chi connectivity index (χ2v) is 6.50. The third-order valence-electron chi connectivity index (χ3n) is 4.04. The van der Waals surface area contributed by atoms with Crippen LogP contribution in [0.15, 0.2) is 42.7 Å². The van der Waals surface area contributed by atoms with Crippen LogP contribution < -0.4 is 10.6 Å². The first-order chi connectivity index (χ1) is 13.4. The number of carbonyl (C=O) groups is 2. The maximum atomic E-state index is 12.8. The lowest BCUT2D eigenvalue weighted by atomic mass is 10.0. The van der Waals surface area contributed by atoms with Gasteiger partial charge >= 0.3 is 12.6 Å². The predicted molar refractivity (Wildman–Crippen MR) is 98.6 cm³/mol. The second kappa shape index (κ2) is 10.4. The molecule has 0 radical (unpaired) electrons. The smallest absolute Gasteiger partial charge is 0.408 e. The molecule has 0 spiro atoms. The van der Waals surface area contributed by atoms with Crippen molar-refractivity contribution >= 4 is 12.0 Å². The molecule has 1 heterocycles. The Morgan fingerprint density at radius 3 is 2.57 bits per heavy atom. The van der Waals surface area contributed by atoms with E-state index < -0.39 is 24.6 Å². The van der Waals surface area contributed by atoms with Crippen LogP contribution in [-0.4, -0.2) is 34.1 Å². The lowest BCUT2D eigenvalue weighted by molar-refractivity contribution is -0.124. The van der Waals surface area contributed by atoms with Crippen LogP contribution in [0, 0.1) is 5.92 Å². The summed E-state index contributed by atoms with van der Waals surface area (Å²) >= 11 is 0. The van der Waals surface area contributed by atoms with Crippen LogP contribution >= 0.6 is 0 Å². The van der Waals surface area contributed by atoms with E-state index in [4.69, 9.17) is 4.74 Å². The van der Waals surface area contributed by atoms with Crippen molar-refractivity contribution in [3.63, 3.8) is 0 Å². The molecule has 1 aromatic heterocycles. The van der Waals surface area contributed by atoms with Crippen molar-refractivity contribution in [1.82, 2.24) is 20.2 Å². The molecule has 2 aromatic rings. The standard InChI is InChI=1S/C19H24F2N4O3/c1-13(2)16(24-19(27)28-12-14-6-4-3-5-7-14)17(26)23-9-8-15-22-10-11-25(15)18(20)21/h3-7,10-11,13,16,18H,8-9,12H2,1-2H3,(H,23,26)(H,24,27)/t16-/m0/s1. The van der Waals surface area contributed by atoms with Crippen LogP contribution in [0.25, 0.3) is 0 Å². The van der Waals surface area contributed by atoms with E-state index in [9.17, 15) is 18.4 Å². The maximum Gasteiger partial charge on any atom is 0.408 e. The van der Waals surface area contributed by atoms with Crippen molar-refractivity contribution in [2.45, 2.75) is 39.5 Å². The summed E-state index contributed by atoms with van der Waals surface area (Å²) in [6, 6.07) is 8.36. The molecule has 0 aliphatic heterocycles. The zero-order chi connectivity index (χ0) is 20.5. The van der Waals surface area contributed by atoms with Gasteiger partial charge in [-0.2, -0.15) is 8.78 Å². The van der Waals surface area contributed by atoms with Crippen molar-refractivity contribution in [2.75, 3.05) is 6.54 Å². The van der Waals surface area contributed by atoms with Crippen LogP contribution in [0.4, 0.5) is 13.6 Å². The number of aromatic nitrogens is 2. The first-order valence-corrected chi connectivity index (χ1v) is 8.93. The van der Waals surface area contributed by atoms with Gasteiger partial charge in [0.25, 0.3) is 0 Å². The molecule has 0 fully saturated rings. The van der Waals surface area contributed by atoms with Gasteiger partial charge in [0.05, 0.1) is 0 Å². The van der Waals surface area contributed by atoms with Crippen LogP contribution in [-0.2, 0) is 22.6 Å². The third-order valence-corrected chi connectivity index (χ3v) is 4.04. The molecule has 1 atom stereocenters. The molecule has 9 heteroatoms. The number of halogens is 2. The van der Waals surface area contributed by atoms with Crippen molar-refractivity contribution in [3.05, 3.63) is 54.1 Å². The van der Waals surface area contributed by atoms with Crippen LogP contribution in [0.5, 0.6) is 0 Å². The topological polar surface area (TPSA) is 85.2 Å². The monoisotopic (exact) mass is 394 g/mol. The quantitative estimate of drug-likeness (QED) is 0.685. The van der Waals surface area contributed by atoms with Crippen molar-refractivity contribution < 1.29 is 23.1 Å². The number of alkyl halides is 2. The van der Waals surface area contributed by atoms with E-state index in [2.05, 4.69) is 15.6 Å². The minimum atomic E-state index is -2.68. The number of ether oxygens (including phenoxy) is 1. The fourth-order valence-electron chi connectivity index (χ4n) is 2.55. The predicted octanol–water partition coefficient (Wildman–Crippen LogP) is 2.89.